The second-order valence-electron chi connectivity index (χ2n) is 5.17. The monoisotopic (exact) mass is 291 g/mol. The first kappa shape index (κ1) is 14.1. The Hall–Kier alpha value is -2.88. The molecular weight excluding hydrogens is 274 g/mol. The number of rotatable bonds is 3. The van der Waals surface area contributed by atoms with Crippen LogP contribution in [0.3, 0.4) is 0 Å². The highest BCUT2D eigenvalue weighted by Gasteiger charge is 2.05. The predicted octanol–water partition coefficient (Wildman–Crippen LogP) is 3.86. The summed E-state index contributed by atoms with van der Waals surface area (Å²) in [7, 11) is 0. The minimum absolute atomic E-state index is 0.225. The zero-order chi connectivity index (χ0) is 15.4. The molecule has 4 heteroatoms. The number of hydrogen-bond acceptors (Lipinski definition) is 2. The van der Waals surface area contributed by atoms with Crippen LogP contribution in [0.4, 0.5) is 10.5 Å². The number of urea groups is 1. The van der Waals surface area contributed by atoms with E-state index < -0.39 is 0 Å². The molecule has 0 spiro atoms. The molecule has 3 rings (SSSR count). The Morgan fingerprint density at radius 3 is 2.68 bits per heavy atom. The van der Waals surface area contributed by atoms with Crippen molar-refractivity contribution in [2.45, 2.75) is 13.5 Å². The van der Waals surface area contributed by atoms with Crippen LogP contribution in [0, 0.1) is 6.92 Å². The quantitative estimate of drug-likeness (QED) is 0.769. The lowest BCUT2D eigenvalue weighted by atomic mass is 10.1. The van der Waals surface area contributed by atoms with Crippen LogP contribution in [0.5, 0.6) is 0 Å². The highest BCUT2D eigenvalue weighted by Crippen LogP contribution is 2.21. The number of aryl methyl sites for hydroxylation is 1. The Balaban J connectivity index is 1.67. The average molecular weight is 291 g/mol. The van der Waals surface area contributed by atoms with Crippen LogP contribution in [0.25, 0.3) is 10.9 Å². The Labute approximate surface area is 129 Å². The van der Waals surface area contributed by atoms with E-state index in [1.807, 2.05) is 61.5 Å². The summed E-state index contributed by atoms with van der Waals surface area (Å²) in [5, 5.41) is 6.66. The van der Waals surface area contributed by atoms with E-state index in [2.05, 4.69) is 15.6 Å². The van der Waals surface area contributed by atoms with Crippen LogP contribution in [-0.4, -0.2) is 11.0 Å². The van der Waals surface area contributed by atoms with Gasteiger partial charge in [0.25, 0.3) is 0 Å². The molecule has 1 heterocycles. The molecule has 0 unspecified atom stereocenters. The van der Waals surface area contributed by atoms with Gasteiger partial charge in [0.05, 0.1) is 11.2 Å². The molecule has 22 heavy (non-hydrogen) atoms. The number of anilines is 1. The van der Waals surface area contributed by atoms with Crippen LogP contribution >= 0.6 is 0 Å². The van der Waals surface area contributed by atoms with Crippen LogP contribution in [-0.2, 0) is 6.54 Å². The van der Waals surface area contributed by atoms with Gasteiger partial charge in [-0.25, -0.2) is 4.79 Å². The molecule has 0 atom stereocenters. The van der Waals surface area contributed by atoms with Gasteiger partial charge < -0.3 is 10.6 Å². The van der Waals surface area contributed by atoms with Crippen molar-refractivity contribution in [1.29, 1.82) is 0 Å². The third kappa shape index (κ3) is 3.23. The zero-order valence-electron chi connectivity index (χ0n) is 12.3. The molecule has 3 aromatic rings. The lowest BCUT2D eigenvalue weighted by molar-refractivity contribution is 0.252. The number of nitrogens with zero attached hydrogens (tertiary/aromatic N) is 1. The summed E-state index contributed by atoms with van der Waals surface area (Å²) in [5.41, 5.74) is 3.89. The summed E-state index contributed by atoms with van der Waals surface area (Å²) in [5.74, 6) is 0. The van der Waals surface area contributed by atoms with Gasteiger partial charge in [0.15, 0.2) is 0 Å². The number of fused-ring (bicyclic) bond motifs is 1. The van der Waals surface area contributed by atoms with Crippen LogP contribution in [0.1, 0.15) is 11.1 Å². The van der Waals surface area contributed by atoms with Crippen LogP contribution in [0.15, 0.2) is 60.8 Å². The Kier molecular flexibility index (Phi) is 4.01. The van der Waals surface area contributed by atoms with E-state index in [0.29, 0.717) is 6.54 Å². The van der Waals surface area contributed by atoms with Crippen molar-refractivity contribution in [3.05, 3.63) is 71.9 Å². The SMILES string of the molecule is Cc1ccc(CNC(=O)Nc2cccc3ncccc23)cc1. The van der Waals surface area contributed by atoms with Crippen molar-refractivity contribution in [1.82, 2.24) is 10.3 Å². The number of carbonyl (C=O) groups excluding carboxylic acids is 1. The lowest BCUT2D eigenvalue weighted by Crippen LogP contribution is -2.28. The van der Waals surface area contributed by atoms with Gasteiger partial charge in [-0.3, -0.25) is 4.98 Å². The largest absolute Gasteiger partial charge is 0.334 e. The van der Waals surface area contributed by atoms with E-state index in [4.69, 9.17) is 0 Å². The molecule has 4 nitrogen and oxygen atoms in total. The van der Waals surface area contributed by atoms with Gasteiger partial charge in [-0.05, 0) is 36.8 Å². The molecule has 0 aliphatic rings. The van der Waals surface area contributed by atoms with Crippen molar-refractivity contribution < 1.29 is 4.79 Å². The fourth-order valence-corrected chi connectivity index (χ4v) is 2.27. The normalized spacial score (nSPS) is 10.4. The Morgan fingerprint density at radius 1 is 1.05 bits per heavy atom. The molecule has 0 bridgehead atoms. The number of aromatic nitrogens is 1. The summed E-state index contributed by atoms with van der Waals surface area (Å²) in [6, 6.07) is 17.3. The van der Waals surface area contributed by atoms with E-state index in [9.17, 15) is 4.79 Å². The molecule has 110 valence electrons. The summed E-state index contributed by atoms with van der Waals surface area (Å²) in [6.07, 6.45) is 1.74. The summed E-state index contributed by atoms with van der Waals surface area (Å²) in [6.45, 7) is 2.54. The molecule has 0 aliphatic heterocycles. The number of amides is 2. The summed E-state index contributed by atoms with van der Waals surface area (Å²) < 4.78 is 0. The summed E-state index contributed by atoms with van der Waals surface area (Å²) in [4.78, 5) is 16.3. The van der Waals surface area contributed by atoms with Crippen molar-refractivity contribution in [3.8, 4) is 0 Å². The van der Waals surface area contributed by atoms with Crippen molar-refractivity contribution in [2.75, 3.05) is 5.32 Å². The van der Waals surface area contributed by atoms with Crippen molar-refractivity contribution in [2.24, 2.45) is 0 Å². The molecule has 2 aromatic carbocycles. The highest BCUT2D eigenvalue weighted by atomic mass is 16.2. The number of benzene rings is 2. The number of pyridine rings is 1. The van der Waals surface area contributed by atoms with Gasteiger partial charge in [0.2, 0.25) is 0 Å². The third-order valence-electron chi connectivity index (χ3n) is 3.47. The molecule has 0 saturated carbocycles. The topological polar surface area (TPSA) is 54.0 Å². The lowest BCUT2D eigenvalue weighted by Gasteiger charge is -2.10. The van der Waals surface area contributed by atoms with Crippen molar-refractivity contribution in [3.63, 3.8) is 0 Å². The maximum Gasteiger partial charge on any atom is 0.319 e. The number of carbonyl (C=O) groups is 1. The first-order valence-electron chi connectivity index (χ1n) is 7.16. The van der Waals surface area contributed by atoms with E-state index in [1.165, 1.54) is 5.56 Å². The minimum Gasteiger partial charge on any atom is -0.334 e. The smallest absolute Gasteiger partial charge is 0.319 e. The first-order chi connectivity index (χ1) is 10.7. The molecule has 2 amide bonds. The van der Waals surface area contributed by atoms with Crippen LogP contribution in [0.2, 0.25) is 0 Å². The third-order valence-corrected chi connectivity index (χ3v) is 3.47. The van der Waals surface area contributed by atoms with E-state index in [1.54, 1.807) is 6.20 Å². The molecular formula is C18H17N3O. The van der Waals surface area contributed by atoms with Gasteiger partial charge in [0, 0.05) is 18.1 Å². The molecule has 0 saturated heterocycles. The fraction of sp³-hybridized carbons (Fsp3) is 0.111. The molecule has 1 aromatic heterocycles. The second kappa shape index (κ2) is 6.26. The highest BCUT2D eigenvalue weighted by molar-refractivity contribution is 6.00. The second-order valence-corrected chi connectivity index (χ2v) is 5.17. The molecule has 0 fully saturated rings. The maximum atomic E-state index is 12.1. The van der Waals surface area contributed by atoms with E-state index in [-0.39, 0.29) is 6.03 Å². The standard InChI is InChI=1S/C18H17N3O/c1-13-7-9-14(10-8-13)12-20-18(22)21-17-6-2-5-16-15(17)4-3-11-19-16/h2-11H,12H2,1H3,(H2,20,21,22). The van der Waals surface area contributed by atoms with Gasteiger partial charge >= 0.3 is 6.03 Å². The van der Waals surface area contributed by atoms with Gasteiger partial charge in [-0.2, -0.15) is 0 Å². The molecule has 0 aliphatic carbocycles. The Morgan fingerprint density at radius 2 is 1.86 bits per heavy atom. The Bertz CT molecular complexity index is 792. The average Bonchev–Trinajstić information content (AvgIpc) is 2.55. The van der Waals surface area contributed by atoms with Gasteiger partial charge in [-0.15, -0.1) is 0 Å². The predicted molar refractivity (Wildman–Crippen MR) is 88.8 cm³/mol. The molecule has 2 N–H and O–H groups in total. The zero-order valence-corrected chi connectivity index (χ0v) is 12.3. The number of nitrogens with one attached hydrogen (secondary N) is 2. The van der Waals surface area contributed by atoms with Crippen LogP contribution < -0.4 is 10.6 Å². The van der Waals surface area contributed by atoms with Crippen molar-refractivity contribution >= 4 is 22.6 Å². The first-order valence-corrected chi connectivity index (χ1v) is 7.16. The minimum atomic E-state index is -0.225. The number of hydrogen-bond donors (Lipinski definition) is 2. The summed E-state index contributed by atoms with van der Waals surface area (Å²) >= 11 is 0. The van der Waals surface area contributed by atoms with Gasteiger partial charge in [0.1, 0.15) is 0 Å². The molecule has 0 radical (unpaired) electrons. The van der Waals surface area contributed by atoms with E-state index >= 15 is 0 Å². The van der Waals surface area contributed by atoms with E-state index in [0.717, 1.165) is 22.2 Å². The fourth-order valence-electron chi connectivity index (χ4n) is 2.27. The van der Waals surface area contributed by atoms with Gasteiger partial charge in [-0.1, -0.05) is 35.9 Å². The maximum absolute atomic E-state index is 12.1.